The Kier molecular flexibility index (Phi) is 35.1. The number of likely N-dealkylation sites (N-methyl/N-ethyl adjacent to an activating group) is 1. The molecular weight excluding hydrogens is 138 g/mol. The average Bonchev–Trinajstić information content (AvgIpc) is 2.12. The molecule has 0 aromatic carbocycles. The number of aliphatic hydroxyl groups excluding tert-OH is 1. The van der Waals surface area contributed by atoms with Crippen LogP contribution in [0.2, 0.25) is 0 Å². The number of aliphatic hydroxyl groups is 1. The fourth-order valence-electron chi connectivity index (χ4n) is 0.329. The highest BCUT2D eigenvalue weighted by atomic mass is 16.3. The molecule has 0 amide bonds. The summed E-state index contributed by atoms with van der Waals surface area (Å²) in [7, 11) is 1.98. The highest BCUT2D eigenvalue weighted by molar-refractivity contribution is 4.41. The first kappa shape index (κ1) is 17.1. The number of nitrogens with zero attached hydrogens (tertiary/aromatic N) is 1. The van der Waals surface area contributed by atoms with Crippen LogP contribution < -0.4 is 0 Å². The molecule has 2 nitrogen and oxygen atoms in total. The van der Waals surface area contributed by atoms with Gasteiger partial charge in [0.05, 0.1) is 6.61 Å². The van der Waals surface area contributed by atoms with Crippen molar-refractivity contribution in [2.24, 2.45) is 0 Å². The summed E-state index contributed by atoms with van der Waals surface area (Å²) in [5.74, 6) is 0. The predicted molar refractivity (Wildman–Crippen MR) is 53.0 cm³/mol. The molecule has 0 rings (SSSR count). The first-order chi connectivity index (χ1) is 5.31. The Morgan fingerprint density at radius 2 is 1.45 bits per heavy atom. The predicted octanol–water partition coefficient (Wildman–Crippen LogP) is 1.98. The molecule has 0 aliphatic carbocycles. The zero-order valence-corrected chi connectivity index (χ0v) is 9.02. The Labute approximate surface area is 72.2 Å². The van der Waals surface area contributed by atoms with E-state index in [1.807, 2.05) is 34.7 Å². The molecule has 0 fully saturated rings. The van der Waals surface area contributed by atoms with Crippen LogP contribution >= 0.6 is 0 Å². The van der Waals surface area contributed by atoms with Crippen LogP contribution in [0.25, 0.3) is 0 Å². The maximum Gasteiger partial charge on any atom is 0.0558 e. The maximum absolute atomic E-state index is 8.33. The van der Waals surface area contributed by atoms with Gasteiger partial charge in [-0.1, -0.05) is 34.6 Å². The molecule has 0 spiro atoms. The molecule has 0 aromatic rings. The van der Waals surface area contributed by atoms with Gasteiger partial charge in [0, 0.05) is 6.54 Å². The van der Waals surface area contributed by atoms with E-state index in [0.29, 0.717) is 0 Å². The zero-order valence-electron chi connectivity index (χ0n) is 9.02. The van der Waals surface area contributed by atoms with Gasteiger partial charge in [0.1, 0.15) is 0 Å². The van der Waals surface area contributed by atoms with Crippen molar-refractivity contribution in [2.75, 3.05) is 26.7 Å². The molecule has 0 bridgehead atoms. The van der Waals surface area contributed by atoms with Crippen molar-refractivity contribution in [3.8, 4) is 0 Å². The third kappa shape index (κ3) is 25.7. The summed E-state index contributed by atoms with van der Waals surface area (Å²) in [6, 6.07) is 0. The highest BCUT2D eigenvalue weighted by Crippen LogP contribution is 1.75. The number of hydrogen-bond acceptors (Lipinski definition) is 2. The third-order valence-electron chi connectivity index (χ3n) is 1.02. The van der Waals surface area contributed by atoms with Crippen molar-refractivity contribution in [1.82, 2.24) is 4.90 Å². The molecule has 0 unspecified atom stereocenters. The topological polar surface area (TPSA) is 23.5 Å². The van der Waals surface area contributed by atoms with Crippen LogP contribution in [0.15, 0.2) is 0 Å². The van der Waals surface area contributed by atoms with Crippen molar-refractivity contribution >= 4 is 0 Å². The van der Waals surface area contributed by atoms with Crippen LogP contribution in [0.1, 0.15) is 34.6 Å². The zero-order chi connectivity index (χ0) is 9.70. The second-order valence-electron chi connectivity index (χ2n) is 1.62. The van der Waals surface area contributed by atoms with Crippen LogP contribution in [0, 0.1) is 0 Å². The molecule has 72 valence electrons. The molecule has 0 saturated carbocycles. The van der Waals surface area contributed by atoms with E-state index in [4.69, 9.17) is 5.11 Å². The second-order valence-corrected chi connectivity index (χ2v) is 1.62. The van der Waals surface area contributed by atoms with E-state index >= 15 is 0 Å². The van der Waals surface area contributed by atoms with Gasteiger partial charge in [0.25, 0.3) is 0 Å². The van der Waals surface area contributed by atoms with Gasteiger partial charge in [-0.05, 0) is 13.6 Å². The lowest BCUT2D eigenvalue weighted by Crippen LogP contribution is -2.20. The average molecular weight is 163 g/mol. The van der Waals surface area contributed by atoms with E-state index in [0.717, 1.165) is 13.1 Å². The molecule has 1 N–H and O–H groups in total. The monoisotopic (exact) mass is 163 g/mol. The largest absolute Gasteiger partial charge is 0.395 e. The van der Waals surface area contributed by atoms with E-state index in [-0.39, 0.29) is 6.61 Å². The van der Waals surface area contributed by atoms with E-state index < -0.39 is 0 Å². The third-order valence-corrected chi connectivity index (χ3v) is 1.02. The molecule has 2 heteroatoms. The van der Waals surface area contributed by atoms with Gasteiger partial charge in [-0.25, -0.2) is 0 Å². The number of rotatable bonds is 3. The summed E-state index contributed by atoms with van der Waals surface area (Å²) in [6.07, 6.45) is 0. The summed E-state index contributed by atoms with van der Waals surface area (Å²) < 4.78 is 0. The van der Waals surface area contributed by atoms with Gasteiger partial charge in [-0.15, -0.1) is 0 Å². The van der Waals surface area contributed by atoms with Gasteiger partial charge in [-0.2, -0.15) is 0 Å². The molecule has 0 aromatic heterocycles. The lowest BCUT2D eigenvalue weighted by atomic mass is 10.6. The maximum atomic E-state index is 8.33. The van der Waals surface area contributed by atoms with E-state index in [1.54, 1.807) is 0 Å². The van der Waals surface area contributed by atoms with E-state index in [1.165, 1.54) is 0 Å². The highest BCUT2D eigenvalue weighted by Gasteiger charge is 1.87. The molecule has 0 heterocycles. The van der Waals surface area contributed by atoms with Crippen LogP contribution in [-0.2, 0) is 0 Å². The van der Waals surface area contributed by atoms with Crippen molar-refractivity contribution in [1.29, 1.82) is 0 Å². The summed E-state index contributed by atoms with van der Waals surface area (Å²) in [4.78, 5) is 2.06. The smallest absolute Gasteiger partial charge is 0.0558 e. The van der Waals surface area contributed by atoms with Crippen molar-refractivity contribution in [3.63, 3.8) is 0 Å². The van der Waals surface area contributed by atoms with Crippen molar-refractivity contribution in [3.05, 3.63) is 0 Å². The fourth-order valence-corrected chi connectivity index (χ4v) is 0.329. The first-order valence-electron chi connectivity index (χ1n) is 4.60. The normalized spacial score (nSPS) is 7.64. The minimum atomic E-state index is 0.268. The SMILES string of the molecule is CC.CC.CCN(C)CCO. The Bertz CT molecular complexity index is 40.5. The van der Waals surface area contributed by atoms with Crippen LogP contribution in [0.5, 0.6) is 0 Å². The van der Waals surface area contributed by atoms with Gasteiger partial charge in [0.2, 0.25) is 0 Å². The Morgan fingerprint density at radius 1 is 1.09 bits per heavy atom. The summed E-state index contributed by atoms with van der Waals surface area (Å²) in [6.45, 7) is 12.1. The Morgan fingerprint density at radius 3 is 1.55 bits per heavy atom. The molecule has 0 aliphatic rings. The molecular formula is C9H25NO. The molecule has 0 saturated heterocycles. The minimum Gasteiger partial charge on any atom is -0.395 e. The van der Waals surface area contributed by atoms with Crippen LogP contribution in [0.3, 0.4) is 0 Å². The molecule has 11 heavy (non-hydrogen) atoms. The van der Waals surface area contributed by atoms with Crippen molar-refractivity contribution in [2.45, 2.75) is 34.6 Å². The fraction of sp³-hybridized carbons (Fsp3) is 1.00. The minimum absolute atomic E-state index is 0.268. The quantitative estimate of drug-likeness (QED) is 0.687. The van der Waals surface area contributed by atoms with Crippen LogP contribution in [-0.4, -0.2) is 36.8 Å². The van der Waals surface area contributed by atoms with E-state index in [2.05, 4.69) is 11.8 Å². The molecule has 0 aliphatic heterocycles. The summed E-state index contributed by atoms with van der Waals surface area (Å²) >= 11 is 0. The summed E-state index contributed by atoms with van der Waals surface area (Å²) in [5.41, 5.74) is 0. The van der Waals surface area contributed by atoms with Crippen LogP contribution in [0.4, 0.5) is 0 Å². The lowest BCUT2D eigenvalue weighted by molar-refractivity contribution is 0.227. The van der Waals surface area contributed by atoms with Gasteiger partial charge < -0.3 is 10.0 Å². The summed E-state index contributed by atoms with van der Waals surface area (Å²) in [5, 5.41) is 8.33. The van der Waals surface area contributed by atoms with Gasteiger partial charge >= 0.3 is 0 Å². The first-order valence-corrected chi connectivity index (χ1v) is 4.60. The lowest BCUT2D eigenvalue weighted by Gasteiger charge is -2.09. The number of hydrogen-bond donors (Lipinski definition) is 1. The second kappa shape index (κ2) is 22.5. The van der Waals surface area contributed by atoms with Crippen molar-refractivity contribution < 1.29 is 5.11 Å². The van der Waals surface area contributed by atoms with Gasteiger partial charge in [-0.3, -0.25) is 0 Å². The molecule has 0 atom stereocenters. The Balaban J connectivity index is -0.000000138. The van der Waals surface area contributed by atoms with Gasteiger partial charge in [0.15, 0.2) is 0 Å². The molecule has 0 radical (unpaired) electrons. The van der Waals surface area contributed by atoms with E-state index in [9.17, 15) is 0 Å². The Hall–Kier alpha value is -0.0800. The standard InChI is InChI=1S/C5H13NO.2C2H6/c1-3-6(2)4-5-7;2*1-2/h7H,3-5H2,1-2H3;2*1-2H3.